The van der Waals surface area contributed by atoms with Gasteiger partial charge in [0.2, 0.25) is 10.0 Å². The van der Waals surface area contributed by atoms with Crippen molar-refractivity contribution in [2.75, 3.05) is 53.1 Å². The molecule has 4 aromatic rings. The number of piperidine rings is 2. The molecule has 1 spiro atoms. The number of hydrogen-bond donors (Lipinski definition) is 1. The molecule has 256 valence electrons. The average molecular weight is 748 g/mol. The summed E-state index contributed by atoms with van der Waals surface area (Å²) in [5.41, 5.74) is 4.85. The molecule has 1 N–H and O–H groups in total. The second-order valence-corrected chi connectivity index (χ2v) is 15.8. The molecular weight excluding hydrogens is 713 g/mol. The first-order valence-electron chi connectivity index (χ1n) is 15.8. The van der Waals surface area contributed by atoms with Crippen molar-refractivity contribution in [2.45, 2.75) is 44.4 Å². The van der Waals surface area contributed by atoms with Crippen LogP contribution in [0.25, 0.3) is 27.8 Å². The molecule has 0 radical (unpaired) electrons. The first kappa shape index (κ1) is 39.5. The van der Waals surface area contributed by atoms with Crippen molar-refractivity contribution < 1.29 is 95.2 Å². The van der Waals surface area contributed by atoms with Crippen molar-refractivity contribution in [3.8, 4) is 16.9 Å². The minimum Gasteiger partial charge on any atom is -0.790 e. The summed E-state index contributed by atoms with van der Waals surface area (Å²) in [6, 6.07) is 12.6. The number of hydrogen-bond acceptors (Lipinski definition) is 11. The molecule has 0 amide bonds. The molecule has 0 bridgehead atoms. The Balaban J connectivity index is 0.00000243. The Morgan fingerprint density at radius 3 is 2.28 bits per heavy atom. The number of phosphoric acid groups is 1. The van der Waals surface area contributed by atoms with Gasteiger partial charge in [0.15, 0.2) is 0 Å². The predicted molar refractivity (Wildman–Crippen MR) is 173 cm³/mol. The Bertz CT molecular complexity index is 1990. The zero-order chi connectivity index (χ0) is 33.7. The van der Waals surface area contributed by atoms with Gasteiger partial charge < -0.3 is 28.7 Å². The molecule has 2 saturated heterocycles. The van der Waals surface area contributed by atoms with Gasteiger partial charge in [0.25, 0.3) is 5.92 Å². The number of anilines is 3. The van der Waals surface area contributed by atoms with E-state index in [1.54, 1.807) is 35.3 Å². The van der Waals surface area contributed by atoms with Gasteiger partial charge in [-0.25, -0.2) is 21.9 Å². The van der Waals surface area contributed by atoms with Crippen molar-refractivity contribution in [3.05, 3.63) is 54.9 Å². The number of phosphoric ester groups is 1. The van der Waals surface area contributed by atoms with Crippen molar-refractivity contribution in [1.29, 1.82) is 0 Å². The van der Waals surface area contributed by atoms with E-state index in [0.29, 0.717) is 22.3 Å². The zero-order valence-corrected chi connectivity index (χ0v) is 33.6. The zero-order valence-electron chi connectivity index (χ0n) is 27.9. The molecule has 2 aromatic carbocycles. The van der Waals surface area contributed by atoms with Gasteiger partial charge in [-0.15, -0.1) is 5.10 Å². The van der Waals surface area contributed by atoms with E-state index in [0.717, 1.165) is 48.3 Å². The SMILES string of the molecule is O=P([O-])([O-])OCCS(=O)(=O)Nc1ccc(-c2cn(-c3cc(N4CCC(F)(F)CC4)c4ncccc4c3)nn2)c(N2CCC3(CC2)CC3)c1.[Na+].[Na+]. The van der Waals surface area contributed by atoms with Crippen LogP contribution in [0.1, 0.15) is 38.5 Å². The fourth-order valence-corrected chi connectivity index (χ4v) is 7.91. The average Bonchev–Trinajstić information content (AvgIpc) is 3.60. The monoisotopic (exact) mass is 747 g/mol. The van der Waals surface area contributed by atoms with Gasteiger partial charge in [-0.3, -0.25) is 9.71 Å². The molecule has 0 unspecified atom stereocenters. The van der Waals surface area contributed by atoms with Crippen LogP contribution in [0.3, 0.4) is 0 Å². The van der Waals surface area contributed by atoms with E-state index in [2.05, 4.69) is 29.4 Å². The third kappa shape index (κ3) is 9.26. The molecule has 4 heterocycles. The molecule has 2 aromatic heterocycles. The van der Waals surface area contributed by atoms with Gasteiger partial charge in [0.05, 0.1) is 49.0 Å². The van der Waals surface area contributed by atoms with Crippen LogP contribution < -0.4 is 83.4 Å². The predicted octanol–water partition coefficient (Wildman–Crippen LogP) is -2.31. The first-order valence-corrected chi connectivity index (χ1v) is 18.9. The summed E-state index contributed by atoms with van der Waals surface area (Å²) in [5, 5.41) is 9.74. The third-order valence-electron chi connectivity index (χ3n) is 9.53. The summed E-state index contributed by atoms with van der Waals surface area (Å²) in [6.45, 7) is 1.17. The summed E-state index contributed by atoms with van der Waals surface area (Å²) >= 11 is 0. The molecule has 0 atom stereocenters. The molecule has 2 aliphatic heterocycles. The number of pyridine rings is 1. The van der Waals surface area contributed by atoms with E-state index in [9.17, 15) is 31.6 Å². The number of nitrogens with zero attached hydrogens (tertiary/aromatic N) is 6. The second kappa shape index (κ2) is 15.3. The Hall–Kier alpha value is -1.69. The van der Waals surface area contributed by atoms with Gasteiger partial charge in [-0.2, -0.15) is 0 Å². The van der Waals surface area contributed by atoms with Crippen molar-refractivity contribution in [3.63, 3.8) is 0 Å². The van der Waals surface area contributed by atoms with E-state index in [4.69, 9.17) is 0 Å². The maximum atomic E-state index is 14.0. The smallest absolute Gasteiger partial charge is 0.790 e. The van der Waals surface area contributed by atoms with Crippen molar-refractivity contribution >= 4 is 45.8 Å². The standard InChI is InChI=1S/C31H36F2N7O6PS.2Na/c32-31(33)9-14-39(15-10-31)28-20-24(18-22-2-1-11-34-29(22)28)40-21-26(35-37-40)25-4-3-23(36-48(44,45)17-16-46-47(41,42)43)19-27(25)38-12-7-30(5-6-30)8-13-38;;/h1-4,11,18-21,36H,5-10,12-17H2,(H2,41,42,43);;/q;2*+1/p-2. The van der Waals surface area contributed by atoms with Gasteiger partial charge in [0, 0.05) is 61.9 Å². The normalized spacial score (nSPS) is 18.4. The van der Waals surface area contributed by atoms with E-state index in [-0.39, 0.29) is 90.7 Å². The minimum absolute atomic E-state index is 0. The van der Waals surface area contributed by atoms with Crippen LogP contribution in [0.5, 0.6) is 0 Å². The van der Waals surface area contributed by atoms with Crippen LogP contribution in [0.15, 0.2) is 54.9 Å². The Kier molecular flexibility index (Phi) is 12.1. The molecule has 13 nitrogen and oxygen atoms in total. The maximum absolute atomic E-state index is 14.0. The Morgan fingerprint density at radius 1 is 0.920 bits per heavy atom. The van der Waals surface area contributed by atoms with E-state index >= 15 is 0 Å². The van der Waals surface area contributed by atoms with Crippen LogP contribution in [0.2, 0.25) is 0 Å². The summed E-state index contributed by atoms with van der Waals surface area (Å²) in [6.07, 6.45) is 7.46. The number of sulfonamides is 1. The van der Waals surface area contributed by atoms with Crippen LogP contribution in [0.4, 0.5) is 25.8 Å². The fraction of sp³-hybridized carbons (Fsp3) is 0.452. The second-order valence-electron chi connectivity index (χ2n) is 12.9. The number of benzene rings is 2. The summed E-state index contributed by atoms with van der Waals surface area (Å²) in [7, 11) is -9.34. The van der Waals surface area contributed by atoms with E-state index in [1.165, 1.54) is 12.8 Å². The van der Waals surface area contributed by atoms with Crippen LogP contribution in [-0.2, 0) is 19.1 Å². The van der Waals surface area contributed by atoms with E-state index < -0.39 is 36.1 Å². The molecule has 1 saturated carbocycles. The topological polar surface area (TPSA) is 169 Å². The molecular formula is C31H34F2N7Na2O6PS. The van der Waals surface area contributed by atoms with Crippen molar-refractivity contribution in [1.82, 2.24) is 20.0 Å². The fourth-order valence-electron chi connectivity index (χ4n) is 6.58. The van der Waals surface area contributed by atoms with Gasteiger partial charge in [0.1, 0.15) is 5.69 Å². The molecule has 7 rings (SSSR count). The molecule has 3 fully saturated rings. The molecule has 50 heavy (non-hydrogen) atoms. The number of nitrogens with one attached hydrogen (secondary N) is 1. The first-order chi connectivity index (χ1) is 22.8. The van der Waals surface area contributed by atoms with Gasteiger partial charge >= 0.3 is 59.1 Å². The van der Waals surface area contributed by atoms with Crippen LogP contribution in [0, 0.1) is 5.41 Å². The van der Waals surface area contributed by atoms with Gasteiger partial charge in [-0.05, 0) is 67.5 Å². The number of aromatic nitrogens is 4. The number of halogens is 2. The van der Waals surface area contributed by atoms with E-state index in [1.807, 2.05) is 29.2 Å². The van der Waals surface area contributed by atoms with Crippen molar-refractivity contribution in [2.24, 2.45) is 5.41 Å². The minimum atomic E-state index is -5.30. The maximum Gasteiger partial charge on any atom is 1.00 e. The summed E-state index contributed by atoms with van der Waals surface area (Å²) in [5.74, 6) is -3.41. The Morgan fingerprint density at radius 2 is 1.60 bits per heavy atom. The molecule has 19 heteroatoms. The number of rotatable bonds is 10. The largest absolute Gasteiger partial charge is 1.00 e. The summed E-state index contributed by atoms with van der Waals surface area (Å²) < 4.78 is 72.3. The number of alkyl halides is 2. The molecule has 1 aliphatic carbocycles. The van der Waals surface area contributed by atoms with Crippen LogP contribution in [-0.4, -0.2) is 72.9 Å². The molecule has 3 aliphatic rings. The van der Waals surface area contributed by atoms with Gasteiger partial charge in [-0.1, -0.05) is 11.3 Å². The summed E-state index contributed by atoms with van der Waals surface area (Å²) in [4.78, 5) is 30.2. The third-order valence-corrected chi connectivity index (χ3v) is 11.3. The quantitative estimate of drug-likeness (QED) is 0.137. The van der Waals surface area contributed by atoms with Crippen LogP contribution >= 0.6 is 7.82 Å². The number of fused-ring (bicyclic) bond motifs is 1. The Labute approximate surface area is 333 Å².